The predicted octanol–water partition coefficient (Wildman–Crippen LogP) is 1.78. The van der Waals surface area contributed by atoms with Gasteiger partial charge in [-0.25, -0.2) is 12.8 Å². The number of nitrogen functional groups attached to an aromatic ring is 1. The van der Waals surface area contributed by atoms with Crippen LogP contribution in [0.3, 0.4) is 0 Å². The summed E-state index contributed by atoms with van der Waals surface area (Å²) < 4.78 is 40.5. The fourth-order valence-corrected chi connectivity index (χ4v) is 4.30. The van der Waals surface area contributed by atoms with E-state index in [9.17, 15) is 12.8 Å². The molecule has 0 unspecified atom stereocenters. The van der Waals surface area contributed by atoms with Gasteiger partial charge in [0.1, 0.15) is 4.90 Å². The van der Waals surface area contributed by atoms with Crippen molar-refractivity contribution in [3.63, 3.8) is 0 Å². The molecule has 1 heterocycles. The average molecular weight is 336 g/mol. The zero-order chi connectivity index (χ0) is 15.8. The van der Waals surface area contributed by atoms with Crippen molar-refractivity contribution in [3.8, 4) is 0 Å². The van der Waals surface area contributed by atoms with Crippen molar-refractivity contribution < 1.29 is 12.8 Å². The number of nitrogens with two attached hydrogens (primary N) is 1. The number of rotatable bonds is 3. The van der Waals surface area contributed by atoms with Crippen LogP contribution >= 0.6 is 11.6 Å². The monoisotopic (exact) mass is 335 g/mol. The van der Waals surface area contributed by atoms with E-state index in [-0.39, 0.29) is 16.8 Å². The van der Waals surface area contributed by atoms with Gasteiger partial charge in [-0.2, -0.15) is 4.31 Å². The van der Waals surface area contributed by atoms with Crippen LogP contribution in [-0.4, -0.2) is 50.8 Å². The molecule has 1 aliphatic rings. The van der Waals surface area contributed by atoms with Crippen molar-refractivity contribution in [3.05, 3.63) is 23.0 Å². The number of halogens is 2. The Bertz CT molecular complexity index is 631. The zero-order valence-electron chi connectivity index (χ0n) is 12.0. The Hall–Kier alpha value is -0.890. The summed E-state index contributed by atoms with van der Waals surface area (Å²) in [6.07, 6.45) is 1.42. The predicted molar refractivity (Wildman–Crippen MR) is 81.3 cm³/mol. The van der Waals surface area contributed by atoms with Gasteiger partial charge in [0, 0.05) is 18.8 Å². The Kier molecular flexibility index (Phi) is 4.77. The van der Waals surface area contributed by atoms with Gasteiger partial charge < -0.3 is 10.6 Å². The minimum absolute atomic E-state index is 0.122. The third-order valence-electron chi connectivity index (χ3n) is 3.88. The number of likely N-dealkylation sites (tertiary alicyclic amines) is 1. The first-order chi connectivity index (χ1) is 9.73. The van der Waals surface area contributed by atoms with Crippen molar-refractivity contribution in [2.45, 2.75) is 23.8 Å². The van der Waals surface area contributed by atoms with Crippen LogP contribution in [0, 0.1) is 5.82 Å². The molecule has 0 saturated carbocycles. The van der Waals surface area contributed by atoms with E-state index in [0.717, 1.165) is 19.2 Å². The molecule has 8 heteroatoms. The smallest absolute Gasteiger partial charge is 0.246 e. The lowest BCUT2D eigenvalue weighted by molar-refractivity contribution is 0.197. The standard InChI is InChI=1S/C13H19ClFN3O2S/c1-17-5-3-10(4-6-17)18(2)21(19,20)12-8-9(16)7-11(14)13(12)15/h7-8,10H,3-6,16H2,1-2H3. The van der Waals surface area contributed by atoms with Gasteiger partial charge in [0.25, 0.3) is 0 Å². The molecule has 1 saturated heterocycles. The van der Waals surface area contributed by atoms with Crippen molar-refractivity contribution in [2.75, 3.05) is 32.9 Å². The third-order valence-corrected chi connectivity index (χ3v) is 6.06. The van der Waals surface area contributed by atoms with Crippen molar-refractivity contribution in [1.29, 1.82) is 0 Å². The lowest BCUT2D eigenvalue weighted by Gasteiger charge is -2.34. The summed E-state index contributed by atoms with van der Waals surface area (Å²) in [5, 5.41) is -0.287. The summed E-state index contributed by atoms with van der Waals surface area (Å²) in [5.41, 5.74) is 5.70. The third kappa shape index (κ3) is 3.31. The number of piperidine rings is 1. The number of sulfonamides is 1. The molecule has 118 valence electrons. The minimum atomic E-state index is -3.96. The molecule has 1 aromatic carbocycles. The molecule has 0 atom stereocenters. The van der Waals surface area contributed by atoms with E-state index in [1.807, 2.05) is 7.05 Å². The number of anilines is 1. The van der Waals surface area contributed by atoms with Crippen LogP contribution < -0.4 is 5.73 Å². The molecular formula is C13H19ClFN3O2S. The van der Waals surface area contributed by atoms with Crippen LogP contribution in [0.4, 0.5) is 10.1 Å². The van der Waals surface area contributed by atoms with Gasteiger partial charge in [-0.05, 0) is 45.1 Å². The van der Waals surface area contributed by atoms with Crippen molar-refractivity contribution in [2.24, 2.45) is 0 Å². The molecule has 5 nitrogen and oxygen atoms in total. The van der Waals surface area contributed by atoms with E-state index in [0.29, 0.717) is 12.8 Å². The first kappa shape index (κ1) is 16.5. The highest BCUT2D eigenvalue weighted by atomic mass is 35.5. The fraction of sp³-hybridized carbons (Fsp3) is 0.538. The van der Waals surface area contributed by atoms with Gasteiger partial charge in [0.2, 0.25) is 10.0 Å². The highest BCUT2D eigenvalue weighted by Gasteiger charge is 2.32. The van der Waals surface area contributed by atoms with Crippen LogP contribution in [0.15, 0.2) is 17.0 Å². The van der Waals surface area contributed by atoms with Crippen LogP contribution in [0.25, 0.3) is 0 Å². The topological polar surface area (TPSA) is 66.6 Å². The van der Waals surface area contributed by atoms with Gasteiger partial charge in [-0.1, -0.05) is 11.6 Å². The molecule has 1 aromatic rings. The highest BCUT2D eigenvalue weighted by molar-refractivity contribution is 7.89. The normalized spacial score (nSPS) is 18.3. The molecule has 1 fully saturated rings. The largest absolute Gasteiger partial charge is 0.399 e. The number of nitrogens with zero attached hydrogens (tertiary/aromatic N) is 2. The van der Waals surface area contributed by atoms with Gasteiger partial charge in [-0.3, -0.25) is 0 Å². The molecule has 0 aromatic heterocycles. The molecule has 1 aliphatic heterocycles. The SMILES string of the molecule is CN1CCC(N(C)S(=O)(=O)c2cc(N)cc(Cl)c2F)CC1. The maximum Gasteiger partial charge on any atom is 0.246 e. The van der Waals surface area contributed by atoms with Gasteiger partial charge >= 0.3 is 0 Å². The summed E-state index contributed by atoms with van der Waals surface area (Å²) in [6, 6.07) is 2.17. The molecule has 21 heavy (non-hydrogen) atoms. The second kappa shape index (κ2) is 6.08. The van der Waals surface area contributed by atoms with E-state index >= 15 is 0 Å². The summed E-state index contributed by atoms with van der Waals surface area (Å²) >= 11 is 5.69. The highest BCUT2D eigenvalue weighted by Crippen LogP contribution is 2.29. The van der Waals surface area contributed by atoms with E-state index in [1.165, 1.54) is 17.4 Å². The maximum atomic E-state index is 14.1. The van der Waals surface area contributed by atoms with E-state index in [4.69, 9.17) is 17.3 Å². The number of hydrogen-bond donors (Lipinski definition) is 1. The van der Waals surface area contributed by atoms with Crippen LogP contribution in [0.1, 0.15) is 12.8 Å². The molecule has 2 rings (SSSR count). The Balaban J connectivity index is 2.34. The fourth-order valence-electron chi connectivity index (χ4n) is 2.48. The van der Waals surface area contributed by atoms with E-state index in [1.54, 1.807) is 0 Å². The summed E-state index contributed by atoms with van der Waals surface area (Å²) in [7, 11) is -0.494. The van der Waals surface area contributed by atoms with Gasteiger partial charge in [0.15, 0.2) is 5.82 Å². The Morgan fingerprint density at radius 3 is 2.52 bits per heavy atom. The minimum Gasteiger partial charge on any atom is -0.399 e. The molecule has 0 spiro atoms. The Morgan fingerprint density at radius 2 is 1.95 bits per heavy atom. The molecule has 0 radical (unpaired) electrons. The van der Waals surface area contributed by atoms with E-state index in [2.05, 4.69) is 4.90 Å². The molecule has 0 aliphatic carbocycles. The molecular weight excluding hydrogens is 317 g/mol. The molecule has 0 bridgehead atoms. The quantitative estimate of drug-likeness (QED) is 0.855. The second-order valence-electron chi connectivity index (χ2n) is 5.37. The maximum absolute atomic E-state index is 14.1. The summed E-state index contributed by atoms with van der Waals surface area (Å²) in [4.78, 5) is 1.67. The first-order valence-corrected chi connectivity index (χ1v) is 8.46. The number of benzene rings is 1. The average Bonchev–Trinajstić information content (AvgIpc) is 2.42. The van der Waals surface area contributed by atoms with Crippen LogP contribution in [0.2, 0.25) is 5.02 Å². The van der Waals surface area contributed by atoms with Gasteiger partial charge in [0.05, 0.1) is 5.02 Å². The molecule has 2 N–H and O–H groups in total. The van der Waals surface area contributed by atoms with Crippen molar-refractivity contribution >= 4 is 27.3 Å². The van der Waals surface area contributed by atoms with Crippen molar-refractivity contribution in [1.82, 2.24) is 9.21 Å². The zero-order valence-corrected chi connectivity index (χ0v) is 13.6. The summed E-state index contributed by atoms with van der Waals surface area (Å²) in [6.45, 7) is 1.62. The Labute approximate surface area is 129 Å². The Morgan fingerprint density at radius 1 is 1.38 bits per heavy atom. The van der Waals surface area contributed by atoms with Gasteiger partial charge in [-0.15, -0.1) is 0 Å². The molecule has 0 amide bonds. The second-order valence-corrected chi connectivity index (χ2v) is 7.74. The summed E-state index contributed by atoms with van der Waals surface area (Å²) in [5.74, 6) is -0.953. The van der Waals surface area contributed by atoms with E-state index < -0.39 is 20.7 Å². The lowest BCUT2D eigenvalue weighted by atomic mass is 10.1. The van der Waals surface area contributed by atoms with Crippen LogP contribution in [0.5, 0.6) is 0 Å². The van der Waals surface area contributed by atoms with Crippen LogP contribution in [-0.2, 0) is 10.0 Å². The number of hydrogen-bond acceptors (Lipinski definition) is 4. The lowest BCUT2D eigenvalue weighted by Crippen LogP contribution is -2.44. The first-order valence-electron chi connectivity index (χ1n) is 6.64.